The molecular weight excluding hydrogens is 266 g/mol. The summed E-state index contributed by atoms with van der Waals surface area (Å²) < 4.78 is 0. The van der Waals surface area contributed by atoms with E-state index in [9.17, 15) is 0 Å². The number of benzene rings is 1. The number of fused-ring (bicyclic) bond motifs is 1. The molecule has 0 saturated carbocycles. The zero-order chi connectivity index (χ0) is 13.9. The maximum atomic E-state index is 5.79. The van der Waals surface area contributed by atoms with Gasteiger partial charge in [0.1, 0.15) is 5.82 Å². The third-order valence-corrected chi connectivity index (χ3v) is 5.02. The Labute approximate surface area is 124 Å². The number of hydrogen-bond acceptors (Lipinski definition) is 4. The quantitative estimate of drug-likeness (QED) is 0.942. The van der Waals surface area contributed by atoms with E-state index >= 15 is 0 Å². The van der Waals surface area contributed by atoms with E-state index in [1.807, 2.05) is 11.8 Å². The fraction of sp³-hybridized carbons (Fsp3) is 0.438. The van der Waals surface area contributed by atoms with Crippen LogP contribution in [0.3, 0.4) is 0 Å². The van der Waals surface area contributed by atoms with Gasteiger partial charge >= 0.3 is 0 Å². The normalized spacial score (nSPS) is 19.5. The van der Waals surface area contributed by atoms with Crippen molar-refractivity contribution in [3.05, 3.63) is 35.9 Å². The minimum absolute atomic E-state index is 0.541. The number of thioether (sulfide) groups is 1. The standard InChI is InChI=1S/C16H21N3S/c1-12-11-20-9-8-19(12)16-14(6-7-17)10-13-4-2-3-5-15(13)18-16/h2-5,10,12H,6-9,11,17H2,1H3. The summed E-state index contributed by atoms with van der Waals surface area (Å²) in [4.78, 5) is 7.38. The van der Waals surface area contributed by atoms with Gasteiger partial charge in [-0.3, -0.25) is 0 Å². The summed E-state index contributed by atoms with van der Waals surface area (Å²) in [5.74, 6) is 3.50. The molecular formula is C16H21N3S. The van der Waals surface area contributed by atoms with Gasteiger partial charge in [0.25, 0.3) is 0 Å². The van der Waals surface area contributed by atoms with Gasteiger partial charge in [-0.2, -0.15) is 11.8 Å². The first-order valence-corrected chi connectivity index (χ1v) is 8.38. The van der Waals surface area contributed by atoms with Crippen LogP contribution in [0, 0.1) is 0 Å². The van der Waals surface area contributed by atoms with E-state index in [0.717, 1.165) is 24.3 Å². The van der Waals surface area contributed by atoms with Crippen molar-refractivity contribution in [3.63, 3.8) is 0 Å². The third-order valence-electron chi connectivity index (χ3n) is 3.83. The van der Waals surface area contributed by atoms with E-state index in [2.05, 4.69) is 42.2 Å². The second-order valence-corrected chi connectivity index (χ2v) is 6.47. The van der Waals surface area contributed by atoms with Crippen LogP contribution >= 0.6 is 11.8 Å². The molecule has 0 radical (unpaired) electrons. The molecule has 20 heavy (non-hydrogen) atoms. The van der Waals surface area contributed by atoms with Crippen LogP contribution in [0.2, 0.25) is 0 Å². The Morgan fingerprint density at radius 3 is 3.05 bits per heavy atom. The lowest BCUT2D eigenvalue weighted by Crippen LogP contribution is -2.41. The Balaban J connectivity index is 2.08. The summed E-state index contributed by atoms with van der Waals surface area (Å²) >= 11 is 2.03. The average Bonchev–Trinajstić information content (AvgIpc) is 2.48. The topological polar surface area (TPSA) is 42.2 Å². The van der Waals surface area contributed by atoms with Crippen LogP contribution in [-0.2, 0) is 6.42 Å². The molecule has 0 spiro atoms. The number of pyridine rings is 1. The summed E-state index contributed by atoms with van der Waals surface area (Å²) in [6.45, 7) is 4.04. The second-order valence-electron chi connectivity index (χ2n) is 5.32. The number of nitrogens with zero attached hydrogens (tertiary/aromatic N) is 2. The number of hydrogen-bond donors (Lipinski definition) is 1. The molecule has 1 aromatic carbocycles. The second kappa shape index (κ2) is 6.02. The first kappa shape index (κ1) is 13.7. The molecule has 4 heteroatoms. The zero-order valence-electron chi connectivity index (χ0n) is 11.9. The number of rotatable bonds is 3. The molecule has 1 saturated heterocycles. The SMILES string of the molecule is CC1CSCCN1c1nc2ccccc2cc1CCN. The van der Waals surface area contributed by atoms with Crippen LogP contribution in [0.25, 0.3) is 10.9 Å². The summed E-state index contributed by atoms with van der Waals surface area (Å²) in [5, 5.41) is 1.21. The largest absolute Gasteiger partial charge is 0.352 e. The molecule has 1 aromatic heterocycles. The van der Waals surface area contributed by atoms with Crippen LogP contribution < -0.4 is 10.6 Å². The minimum Gasteiger partial charge on any atom is -0.352 e. The molecule has 0 amide bonds. The van der Waals surface area contributed by atoms with Crippen molar-refractivity contribution >= 4 is 28.5 Å². The van der Waals surface area contributed by atoms with Crippen molar-refractivity contribution in [1.29, 1.82) is 0 Å². The van der Waals surface area contributed by atoms with Gasteiger partial charge in [0.15, 0.2) is 0 Å². The molecule has 3 nitrogen and oxygen atoms in total. The van der Waals surface area contributed by atoms with Crippen molar-refractivity contribution in [3.8, 4) is 0 Å². The molecule has 1 unspecified atom stereocenters. The molecule has 1 fully saturated rings. The minimum atomic E-state index is 0.541. The Kier molecular flexibility index (Phi) is 4.13. The van der Waals surface area contributed by atoms with Gasteiger partial charge in [-0.25, -0.2) is 4.98 Å². The van der Waals surface area contributed by atoms with Gasteiger partial charge < -0.3 is 10.6 Å². The highest BCUT2D eigenvalue weighted by atomic mass is 32.2. The van der Waals surface area contributed by atoms with E-state index < -0.39 is 0 Å². The van der Waals surface area contributed by atoms with E-state index in [1.54, 1.807) is 0 Å². The first-order chi connectivity index (χ1) is 9.79. The average molecular weight is 287 g/mol. The molecule has 2 aromatic rings. The predicted octanol–water partition coefficient (Wildman–Crippen LogP) is 2.68. The first-order valence-electron chi connectivity index (χ1n) is 7.22. The van der Waals surface area contributed by atoms with E-state index in [1.165, 1.54) is 22.5 Å². The molecule has 0 bridgehead atoms. The van der Waals surface area contributed by atoms with Gasteiger partial charge in [0.2, 0.25) is 0 Å². The van der Waals surface area contributed by atoms with E-state index in [4.69, 9.17) is 10.7 Å². The summed E-state index contributed by atoms with van der Waals surface area (Å²) in [6, 6.07) is 11.1. The highest BCUT2D eigenvalue weighted by molar-refractivity contribution is 7.99. The van der Waals surface area contributed by atoms with E-state index in [0.29, 0.717) is 12.6 Å². The summed E-state index contributed by atoms with van der Waals surface area (Å²) in [6.07, 6.45) is 0.892. The Morgan fingerprint density at radius 2 is 2.25 bits per heavy atom. The molecule has 106 valence electrons. The fourth-order valence-corrected chi connectivity index (χ4v) is 3.79. The van der Waals surface area contributed by atoms with Gasteiger partial charge in [-0.05, 0) is 37.6 Å². The molecule has 2 heterocycles. The molecule has 1 aliphatic heterocycles. The van der Waals surface area contributed by atoms with Crippen LogP contribution in [-0.4, -0.2) is 35.6 Å². The maximum absolute atomic E-state index is 5.79. The lowest BCUT2D eigenvalue weighted by Gasteiger charge is -2.35. The summed E-state index contributed by atoms with van der Waals surface area (Å²) in [7, 11) is 0. The number of nitrogens with two attached hydrogens (primary N) is 1. The third kappa shape index (κ3) is 2.63. The molecule has 2 N–H and O–H groups in total. The maximum Gasteiger partial charge on any atom is 0.132 e. The monoisotopic (exact) mass is 287 g/mol. The number of para-hydroxylation sites is 1. The van der Waals surface area contributed by atoms with Gasteiger partial charge in [-0.15, -0.1) is 0 Å². The van der Waals surface area contributed by atoms with Crippen molar-refractivity contribution in [1.82, 2.24) is 4.98 Å². The summed E-state index contributed by atoms with van der Waals surface area (Å²) in [5.41, 5.74) is 8.15. The van der Waals surface area contributed by atoms with Crippen molar-refractivity contribution in [2.24, 2.45) is 5.73 Å². The smallest absolute Gasteiger partial charge is 0.132 e. The highest BCUT2D eigenvalue weighted by Gasteiger charge is 2.22. The Hall–Kier alpha value is -1.26. The van der Waals surface area contributed by atoms with Gasteiger partial charge in [0, 0.05) is 29.5 Å². The lowest BCUT2D eigenvalue weighted by atomic mass is 10.1. The zero-order valence-corrected chi connectivity index (χ0v) is 12.7. The molecule has 1 aliphatic rings. The number of aromatic nitrogens is 1. The van der Waals surface area contributed by atoms with Gasteiger partial charge in [-0.1, -0.05) is 18.2 Å². The highest BCUT2D eigenvalue weighted by Crippen LogP contribution is 2.28. The Morgan fingerprint density at radius 1 is 1.40 bits per heavy atom. The van der Waals surface area contributed by atoms with Crippen LogP contribution in [0.15, 0.2) is 30.3 Å². The molecule has 0 aliphatic carbocycles. The van der Waals surface area contributed by atoms with E-state index in [-0.39, 0.29) is 0 Å². The van der Waals surface area contributed by atoms with Gasteiger partial charge in [0.05, 0.1) is 5.52 Å². The van der Waals surface area contributed by atoms with Crippen molar-refractivity contribution in [2.45, 2.75) is 19.4 Å². The molecule has 1 atom stereocenters. The van der Waals surface area contributed by atoms with Crippen LogP contribution in [0.5, 0.6) is 0 Å². The van der Waals surface area contributed by atoms with Crippen molar-refractivity contribution < 1.29 is 0 Å². The number of anilines is 1. The predicted molar refractivity (Wildman–Crippen MR) is 88.6 cm³/mol. The lowest BCUT2D eigenvalue weighted by molar-refractivity contribution is 0.686. The fourth-order valence-electron chi connectivity index (χ4n) is 2.78. The van der Waals surface area contributed by atoms with Crippen molar-refractivity contribution in [2.75, 3.05) is 29.5 Å². The van der Waals surface area contributed by atoms with Crippen LogP contribution in [0.4, 0.5) is 5.82 Å². The Bertz CT molecular complexity index is 599. The molecule has 3 rings (SSSR count). The van der Waals surface area contributed by atoms with Crippen LogP contribution in [0.1, 0.15) is 12.5 Å².